The molecule has 3 aromatic rings. The van der Waals surface area contributed by atoms with Crippen molar-refractivity contribution in [1.29, 1.82) is 0 Å². The second kappa shape index (κ2) is 9.77. The number of carbonyl (C=O) groups excluding carboxylic acids is 1. The Morgan fingerprint density at radius 1 is 0.941 bits per heavy atom. The van der Waals surface area contributed by atoms with Crippen LogP contribution >= 0.6 is 0 Å². The molecule has 0 radical (unpaired) electrons. The SMILES string of the molecule is NC(N)c1cccc(/C(=C\C(=O)Nc2ccc(-c3ccccc3S(N)(=O)=O)cc2)C(F)(F)F)c1. The molecule has 0 aromatic heterocycles. The van der Waals surface area contributed by atoms with Gasteiger partial charge >= 0.3 is 6.18 Å². The van der Waals surface area contributed by atoms with Gasteiger partial charge in [-0.25, -0.2) is 13.6 Å². The number of nitrogens with two attached hydrogens (primary N) is 3. The lowest BCUT2D eigenvalue weighted by atomic mass is 10.0. The van der Waals surface area contributed by atoms with Crippen LogP contribution in [-0.4, -0.2) is 20.5 Å². The number of anilines is 1. The van der Waals surface area contributed by atoms with Crippen molar-refractivity contribution in [2.45, 2.75) is 17.2 Å². The molecule has 0 saturated heterocycles. The van der Waals surface area contributed by atoms with Crippen LogP contribution in [0.1, 0.15) is 17.3 Å². The van der Waals surface area contributed by atoms with E-state index in [0.717, 1.165) is 0 Å². The zero-order chi connectivity index (χ0) is 25.1. The number of benzene rings is 3. The summed E-state index contributed by atoms with van der Waals surface area (Å²) in [5.74, 6) is -1.01. The predicted octanol–water partition coefficient (Wildman–Crippen LogP) is 3.50. The van der Waals surface area contributed by atoms with E-state index in [1.807, 2.05) is 0 Å². The number of halogens is 3. The third-order valence-corrected chi connectivity index (χ3v) is 5.79. The van der Waals surface area contributed by atoms with Crippen LogP contribution in [0.5, 0.6) is 0 Å². The highest BCUT2D eigenvalue weighted by Crippen LogP contribution is 2.34. The Morgan fingerprint density at radius 2 is 1.59 bits per heavy atom. The number of primary sulfonamides is 1. The van der Waals surface area contributed by atoms with Crippen molar-refractivity contribution in [1.82, 2.24) is 0 Å². The summed E-state index contributed by atoms with van der Waals surface area (Å²) in [6.45, 7) is 0. The zero-order valence-corrected chi connectivity index (χ0v) is 18.4. The Labute approximate surface area is 194 Å². The third kappa shape index (κ3) is 6.08. The molecule has 0 heterocycles. The van der Waals surface area contributed by atoms with E-state index >= 15 is 0 Å². The number of sulfonamides is 1. The lowest BCUT2D eigenvalue weighted by molar-refractivity contribution is -0.112. The zero-order valence-electron chi connectivity index (χ0n) is 17.6. The maximum absolute atomic E-state index is 13.6. The topological polar surface area (TPSA) is 141 Å². The minimum atomic E-state index is -4.81. The molecule has 7 nitrogen and oxygen atoms in total. The Hall–Kier alpha value is -3.51. The van der Waals surface area contributed by atoms with Crippen LogP contribution in [0.25, 0.3) is 16.7 Å². The Balaban J connectivity index is 1.87. The standard InChI is InChI=1S/C23H21F3N4O3S/c24-23(25,26)19(15-4-3-5-16(12-15)22(27)28)13-21(31)30-17-10-8-14(9-11-17)18-6-1-2-7-20(18)34(29,32)33/h1-13,22H,27-28H2,(H,30,31)(H2,29,32,33)/b19-13+. The first-order valence-electron chi connectivity index (χ1n) is 9.80. The Kier molecular flexibility index (Phi) is 7.22. The lowest BCUT2D eigenvalue weighted by Gasteiger charge is -2.14. The normalized spacial score (nSPS) is 12.6. The number of allylic oxidation sites excluding steroid dienone is 1. The molecule has 0 atom stereocenters. The van der Waals surface area contributed by atoms with Gasteiger partial charge in [0.2, 0.25) is 15.9 Å². The molecule has 11 heteroatoms. The molecule has 0 aliphatic carbocycles. The van der Waals surface area contributed by atoms with E-state index < -0.39 is 33.8 Å². The van der Waals surface area contributed by atoms with E-state index in [1.165, 1.54) is 60.7 Å². The molecule has 1 amide bonds. The van der Waals surface area contributed by atoms with Crippen molar-refractivity contribution in [2.75, 3.05) is 5.32 Å². The monoisotopic (exact) mass is 490 g/mol. The molecular formula is C23H21F3N4O3S. The quantitative estimate of drug-likeness (QED) is 0.309. The first kappa shape index (κ1) is 25.1. The van der Waals surface area contributed by atoms with Crippen LogP contribution in [0.3, 0.4) is 0 Å². The van der Waals surface area contributed by atoms with Crippen LogP contribution in [-0.2, 0) is 14.8 Å². The fourth-order valence-electron chi connectivity index (χ4n) is 3.24. The number of rotatable bonds is 6. The van der Waals surface area contributed by atoms with E-state index in [-0.39, 0.29) is 21.7 Å². The Bertz CT molecular complexity index is 1340. The average molecular weight is 491 g/mol. The number of carbonyl (C=O) groups is 1. The minimum Gasteiger partial charge on any atom is -0.322 e. The summed E-state index contributed by atoms with van der Waals surface area (Å²) >= 11 is 0. The number of amides is 1. The maximum atomic E-state index is 13.6. The van der Waals surface area contributed by atoms with Crippen molar-refractivity contribution in [3.63, 3.8) is 0 Å². The number of nitrogens with one attached hydrogen (secondary N) is 1. The average Bonchev–Trinajstić information content (AvgIpc) is 2.77. The summed E-state index contributed by atoms with van der Waals surface area (Å²) in [6.07, 6.45) is -5.33. The summed E-state index contributed by atoms with van der Waals surface area (Å²) < 4.78 is 64.5. The van der Waals surface area contributed by atoms with E-state index in [9.17, 15) is 26.4 Å². The third-order valence-electron chi connectivity index (χ3n) is 4.82. The summed E-state index contributed by atoms with van der Waals surface area (Å²) in [5, 5.41) is 7.62. The molecule has 0 fully saturated rings. The molecule has 0 bridgehead atoms. The molecule has 0 saturated carbocycles. The van der Waals surface area contributed by atoms with Crippen LogP contribution in [0.15, 0.2) is 83.8 Å². The van der Waals surface area contributed by atoms with Gasteiger partial charge in [-0.05, 0) is 41.0 Å². The first-order chi connectivity index (χ1) is 15.9. The van der Waals surface area contributed by atoms with Gasteiger partial charge in [0.25, 0.3) is 0 Å². The number of alkyl halides is 3. The van der Waals surface area contributed by atoms with Gasteiger partial charge < -0.3 is 16.8 Å². The lowest BCUT2D eigenvalue weighted by Crippen LogP contribution is -2.21. The summed E-state index contributed by atoms with van der Waals surface area (Å²) in [4.78, 5) is 12.3. The van der Waals surface area contributed by atoms with Crippen molar-refractivity contribution in [2.24, 2.45) is 16.6 Å². The fraction of sp³-hybridized carbons (Fsp3) is 0.0870. The molecule has 3 rings (SSSR count). The van der Waals surface area contributed by atoms with Crippen LogP contribution < -0.4 is 21.9 Å². The van der Waals surface area contributed by atoms with E-state index in [2.05, 4.69) is 5.32 Å². The van der Waals surface area contributed by atoms with Crippen molar-refractivity contribution in [3.8, 4) is 11.1 Å². The highest BCUT2D eigenvalue weighted by Gasteiger charge is 2.35. The highest BCUT2D eigenvalue weighted by molar-refractivity contribution is 7.89. The molecule has 34 heavy (non-hydrogen) atoms. The van der Waals surface area contributed by atoms with E-state index in [1.54, 1.807) is 12.1 Å². The molecule has 3 aromatic carbocycles. The molecular weight excluding hydrogens is 469 g/mol. The van der Waals surface area contributed by atoms with Gasteiger partial charge in [0.05, 0.1) is 16.6 Å². The van der Waals surface area contributed by atoms with E-state index in [4.69, 9.17) is 16.6 Å². The van der Waals surface area contributed by atoms with E-state index in [0.29, 0.717) is 17.2 Å². The van der Waals surface area contributed by atoms with Gasteiger partial charge in [0, 0.05) is 17.3 Å². The molecule has 0 unspecified atom stereocenters. The summed E-state index contributed by atoms with van der Waals surface area (Å²) in [5.41, 5.74) is 11.0. The second-order valence-corrected chi connectivity index (χ2v) is 8.84. The molecule has 0 aliphatic heterocycles. The van der Waals surface area contributed by atoms with Crippen LogP contribution in [0.2, 0.25) is 0 Å². The molecule has 178 valence electrons. The van der Waals surface area contributed by atoms with Crippen LogP contribution in [0, 0.1) is 0 Å². The first-order valence-corrected chi connectivity index (χ1v) is 11.3. The minimum absolute atomic E-state index is 0.0797. The highest BCUT2D eigenvalue weighted by atomic mass is 32.2. The van der Waals surface area contributed by atoms with Gasteiger partial charge in [0.15, 0.2) is 0 Å². The van der Waals surface area contributed by atoms with Crippen LogP contribution in [0.4, 0.5) is 18.9 Å². The summed E-state index contributed by atoms with van der Waals surface area (Å²) in [6, 6.07) is 17.2. The smallest absolute Gasteiger partial charge is 0.322 e. The second-order valence-electron chi connectivity index (χ2n) is 7.31. The number of hydrogen-bond acceptors (Lipinski definition) is 5. The largest absolute Gasteiger partial charge is 0.417 e. The van der Waals surface area contributed by atoms with Gasteiger partial charge in [-0.3, -0.25) is 4.79 Å². The molecule has 0 aliphatic rings. The Morgan fingerprint density at radius 3 is 2.18 bits per heavy atom. The van der Waals surface area contributed by atoms with Gasteiger partial charge in [0.1, 0.15) is 0 Å². The van der Waals surface area contributed by atoms with Crippen molar-refractivity contribution >= 4 is 27.2 Å². The molecule has 7 N–H and O–H groups in total. The van der Waals surface area contributed by atoms with Gasteiger partial charge in [-0.1, -0.05) is 48.5 Å². The van der Waals surface area contributed by atoms with Gasteiger partial charge in [-0.15, -0.1) is 0 Å². The predicted molar refractivity (Wildman–Crippen MR) is 123 cm³/mol. The van der Waals surface area contributed by atoms with Gasteiger partial charge in [-0.2, -0.15) is 13.2 Å². The maximum Gasteiger partial charge on any atom is 0.417 e. The summed E-state index contributed by atoms with van der Waals surface area (Å²) in [7, 11) is -3.97. The molecule has 0 spiro atoms. The van der Waals surface area contributed by atoms with Crippen molar-refractivity contribution in [3.05, 3.63) is 90.0 Å². The number of hydrogen-bond donors (Lipinski definition) is 4. The fourth-order valence-corrected chi connectivity index (χ4v) is 4.00. The van der Waals surface area contributed by atoms with Crippen molar-refractivity contribution < 1.29 is 26.4 Å².